The minimum absolute atomic E-state index is 0.616. The molecule has 2 fully saturated rings. The maximum atomic E-state index is 5.95. The Kier molecular flexibility index (Phi) is 4.14. The first kappa shape index (κ1) is 13.5. The summed E-state index contributed by atoms with van der Waals surface area (Å²) in [6, 6.07) is 8.94. The van der Waals surface area contributed by atoms with Gasteiger partial charge in [-0.05, 0) is 74.6 Å². The summed E-state index contributed by atoms with van der Waals surface area (Å²) in [6.45, 7) is 0. The van der Waals surface area contributed by atoms with Crippen molar-refractivity contribution >= 4 is 11.6 Å². The summed E-state index contributed by atoms with van der Waals surface area (Å²) < 4.78 is 0. The SMILES string of the molecule is CNC(Cc1ccc(Cl)cc1)CC1CC2CCC1C2. The molecule has 4 atom stereocenters. The van der Waals surface area contributed by atoms with Gasteiger partial charge in [-0.3, -0.25) is 0 Å². The van der Waals surface area contributed by atoms with Crippen LogP contribution in [0.25, 0.3) is 0 Å². The van der Waals surface area contributed by atoms with Gasteiger partial charge in [-0.2, -0.15) is 0 Å². The molecule has 2 aliphatic rings. The van der Waals surface area contributed by atoms with Crippen molar-refractivity contribution in [2.45, 2.75) is 44.6 Å². The van der Waals surface area contributed by atoms with Crippen molar-refractivity contribution in [1.82, 2.24) is 5.32 Å². The van der Waals surface area contributed by atoms with Gasteiger partial charge in [-0.25, -0.2) is 0 Å². The number of nitrogens with one attached hydrogen (secondary N) is 1. The Balaban J connectivity index is 1.57. The third kappa shape index (κ3) is 3.14. The van der Waals surface area contributed by atoms with Crippen LogP contribution in [-0.4, -0.2) is 13.1 Å². The van der Waals surface area contributed by atoms with Crippen LogP contribution < -0.4 is 5.32 Å². The molecule has 0 radical (unpaired) electrons. The topological polar surface area (TPSA) is 12.0 Å². The highest BCUT2D eigenvalue weighted by molar-refractivity contribution is 6.30. The highest BCUT2D eigenvalue weighted by atomic mass is 35.5. The van der Waals surface area contributed by atoms with Gasteiger partial charge < -0.3 is 5.32 Å². The summed E-state index contributed by atoms with van der Waals surface area (Å²) in [5, 5.41) is 4.35. The van der Waals surface area contributed by atoms with E-state index in [1.807, 2.05) is 12.1 Å². The minimum atomic E-state index is 0.616. The van der Waals surface area contributed by atoms with Crippen molar-refractivity contribution < 1.29 is 0 Å². The standard InChI is InChI=1S/C17H24ClN/c1-19-17(10-12-3-6-16(18)7-4-12)11-15-9-13-2-5-14(15)8-13/h3-4,6-7,13-15,17,19H,2,5,8-11H2,1H3. The fraction of sp³-hybridized carbons (Fsp3) is 0.647. The van der Waals surface area contributed by atoms with Crippen molar-refractivity contribution in [2.24, 2.45) is 17.8 Å². The molecule has 1 aromatic rings. The van der Waals surface area contributed by atoms with E-state index in [-0.39, 0.29) is 0 Å². The zero-order valence-electron chi connectivity index (χ0n) is 11.7. The zero-order valence-corrected chi connectivity index (χ0v) is 12.5. The average Bonchev–Trinajstić information content (AvgIpc) is 3.03. The van der Waals surface area contributed by atoms with E-state index in [0.717, 1.165) is 29.2 Å². The molecule has 2 bridgehead atoms. The molecule has 0 amide bonds. The van der Waals surface area contributed by atoms with E-state index in [0.29, 0.717) is 6.04 Å². The van der Waals surface area contributed by atoms with Crippen LogP contribution in [0, 0.1) is 17.8 Å². The number of fused-ring (bicyclic) bond motifs is 2. The average molecular weight is 278 g/mol. The molecule has 2 heteroatoms. The quantitative estimate of drug-likeness (QED) is 0.846. The van der Waals surface area contributed by atoms with Gasteiger partial charge in [0.05, 0.1) is 0 Å². The molecule has 2 aliphatic carbocycles. The van der Waals surface area contributed by atoms with Crippen LogP contribution in [0.2, 0.25) is 5.02 Å². The summed E-state index contributed by atoms with van der Waals surface area (Å²) in [7, 11) is 2.10. The lowest BCUT2D eigenvalue weighted by Crippen LogP contribution is -2.31. The Bertz CT molecular complexity index is 414. The van der Waals surface area contributed by atoms with E-state index in [4.69, 9.17) is 11.6 Å². The molecule has 1 N–H and O–H groups in total. The molecule has 2 saturated carbocycles. The Morgan fingerprint density at radius 1 is 1.21 bits per heavy atom. The lowest BCUT2D eigenvalue weighted by atomic mass is 9.83. The highest BCUT2D eigenvalue weighted by Crippen LogP contribution is 2.49. The van der Waals surface area contributed by atoms with Crippen LogP contribution >= 0.6 is 11.6 Å². The first-order valence-electron chi connectivity index (χ1n) is 7.66. The second-order valence-electron chi connectivity index (χ2n) is 6.49. The fourth-order valence-electron chi connectivity index (χ4n) is 4.24. The lowest BCUT2D eigenvalue weighted by molar-refractivity contribution is 0.281. The molecule has 4 unspecified atom stereocenters. The molecule has 1 nitrogen and oxygen atoms in total. The Hall–Kier alpha value is -0.530. The van der Waals surface area contributed by atoms with Crippen LogP contribution in [-0.2, 0) is 6.42 Å². The predicted octanol–water partition coefficient (Wildman–Crippen LogP) is 4.30. The maximum absolute atomic E-state index is 5.95. The second kappa shape index (κ2) is 5.85. The van der Waals surface area contributed by atoms with E-state index >= 15 is 0 Å². The monoisotopic (exact) mass is 277 g/mol. The van der Waals surface area contributed by atoms with Gasteiger partial charge >= 0.3 is 0 Å². The molecular formula is C17H24ClN. The van der Waals surface area contributed by atoms with E-state index in [1.54, 1.807) is 0 Å². The minimum Gasteiger partial charge on any atom is -0.317 e. The van der Waals surface area contributed by atoms with Crippen LogP contribution in [0.5, 0.6) is 0 Å². The molecule has 0 aliphatic heterocycles. The van der Waals surface area contributed by atoms with Crippen molar-refractivity contribution in [1.29, 1.82) is 0 Å². The smallest absolute Gasteiger partial charge is 0.0406 e. The summed E-state index contributed by atoms with van der Waals surface area (Å²) in [4.78, 5) is 0. The third-order valence-electron chi connectivity index (χ3n) is 5.28. The van der Waals surface area contributed by atoms with Gasteiger partial charge in [0.1, 0.15) is 0 Å². The molecule has 0 heterocycles. The van der Waals surface area contributed by atoms with Crippen LogP contribution in [0.1, 0.15) is 37.7 Å². The molecule has 1 aromatic carbocycles. The van der Waals surface area contributed by atoms with Gasteiger partial charge in [0, 0.05) is 11.1 Å². The Labute approximate surface area is 121 Å². The zero-order chi connectivity index (χ0) is 13.2. The molecule has 0 saturated heterocycles. The van der Waals surface area contributed by atoms with E-state index in [9.17, 15) is 0 Å². The van der Waals surface area contributed by atoms with E-state index in [2.05, 4.69) is 24.5 Å². The molecule has 3 rings (SSSR count). The summed E-state index contributed by atoms with van der Waals surface area (Å²) >= 11 is 5.95. The largest absolute Gasteiger partial charge is 0.317 e. The number of rotatable bonds is 5. The van der Waals surface area contributed by atoms with Crippen molar-refractivity contribution in [3.05, 3.63) is 34.9 Å². The lowest BCUT2D eigenvalue weighted by Gasteiger charge is -2.26. The predicted molar refractivity (Wildman–Crippen MR) is 81.6 cm³/mol. The molecular weight excluding hydrogens is 254 g/mol. The molecule has 104 valence electrons. The molecule has 0 spiro atoms. The van der Waals surface area contributed by atoms with Crippen molar-refractivity contribution in [2.75, 3.05) is 7.05 Å². The molecule has 0 aromatic heterocycles. The van der Waals surface area contributed by atoms with Gasteiger partial charge in [0.2, 0.25) is 0 Å². The third-order valence-corrected chi connectivity index (χ3v) is 5.53. The van der Waals surface area contributed by atoms with Gasteiger partial charge in [0.15, 0.2) is 0 Å². The maximum Gasteiger partial charge on any atom is 0.0406 e. The summed E-state index contributed by atoms with van der Waals surface area (Å²) in [5.74, 6) is 3.07. The van der Waals surface area contributed by atoms with Crippen molar-refractivity contribution in [3.8, 4) is 0 Å². The first-order chi connectivity index (χ1) is 9.24. The normalized spacial score (nSPS) is 30.7. The summed E-state index contributed by atoms with van der Waals surface area (Å²) in [5.41, 5.74) is 1.40. The first-order valence-corrected chi connectivity index (χ1v) is 8.04. The van der Waals surface area contributed by atoms with E-state index in [1.165, 1.54) is 37.7 Å². The van der Waals surface area contributed by atoms with E-state index < -0.39 is 0 Å². The number of hydrogen-bond acceptors (Lipinski definition) is 1. The fourth-order valence-corrected chi connectivity index (χ4v) is 4.36. The Morgan fingerprint density at radius 3 is 2.58 bits per heavy atom. The summed E-state index contributed by atoms with van der Waals surface area (Å²) in [6.07, 6.45) is 8.47. The number of halogens is 1. The van der Waals surface area contributed by atoms with Crippen LogP contribution in [0.3, 0.4) is 0 Å². The van der Waals surface area contributed by atoms with Crippen LogP contribution in [0.4, 0.5) is 0 Å². The highest BCUT2D eigenvalue weighted by Gasteiger charge is 2.39. The number of hydrogen-bond donors (Lipinski definition) is 1. The van der Waals surface area contributed by atoms with Gasteiger partial charge in [0.25, 0.3) is 0 Å². The van der Waals surface area contributed by atoms with Gasteiger partial charge in [-0.1, -0.05) is 30.2 Å². The molecule has 19 heavy (non-hydrogen) atoms. The number of benzene rings is 1. The Morgan fingerprint density at radius 2 is 2.00 bits per heavy atom. The number of likely N-dealkylation sites (N-methyl/N-ethyl adjacent to an activating group) is 1. The van der Waals surface area contributed by atoms with Gasteiger partial charge in [-0.15, -0.1) is 0 Å². The van der Waals surface area contributed by atoms with Crippen LogP contribution in [0.15, 0.2) is 24.3 Å². The van der Waals surface area contributed by atoms with Crippen molar-refractivity contribution in [3.63, 3.8) is 0 Å². The second-order valence-corrected chi connectivity index (χ2v) is 6.92.